The zero-order chi connectivity index (χ0) is 12.6. The number of fused-ring (bicyclic) bond motifs is 1. The number of hydrogen-bond acceptors (Lipinski definition) is 4. The standard InChI is InChI=1S/C11H14ClN3O2/c1-11(2,3)9-6-8-7(12)4-5-10(14-17-16)15(8)13-9/h4-6,14,16H,1-3H3. The van der Waals surface area contributed by atoms with Crippen LogP contribution >= 0.6 is 11.6 Å². The Bertz CT molecular complexity index is 545. The molecule has 0 aliphatic heterocycles. The van der Waals surface area contributed by atoms with Crippen LogP contribution in [0.1, 0.15) is 26.5 Å². The van der Waals surface area contributed by atoms with E-state index in [1.165, 1.54) is 0 Å². The maximum Gasteiger partial charge on any atom is 0.154 e. The van der Waals surface area contributed by atoms with E-state index < -0.39 is 0 Å². The van der Waals surface area contributed by atoms with Crippen molar-refractivity contribution in [2.45, 2.75) is 26.2 Å². The summed E-state index contributed by atoms with van der Waals surface area (Å²) < 4.78 is 1.60. The van der Waals surface area contributed by atoms with Crippen molar-refractivity contribution in [2.24, 2.45) is 0 Å². The first-order valence-electron chi connectivity index (χ1n) is 5.18. The third-order valence-corrected chi connectivity index (χ3v) is 2.81. The van der Waals surface area contributed by atoms with Gasteiger partial charge < -0.3 is 0 Å². The van der Waals surface area contributed by atoms with Crippen molar-refractivity contribution < 1.29 is 10.2 Å². The lowest BCUT2D eigenvalue weighted by molar-refractivity contribution is -0.216. The lowest BCUT2D eigenvalue weighted by Gasteiger charge is -2.13. The van der Waals surface area contributed by atoms with Crippen LogP contribution in [-0.4, -0.2) is 14.9 Å². The second kappa shape index (κ2) is 4.18. The zero-order valence-electron chi connectivity index (χ0n) is 9.86. The Labute approximate surface area is 104 Å². The molecular weight excluding hydrogens is 242 g/mol. The van der Waals surface area contributed by atoms with Crippen molar-refractivity contribution in [3.63, 3.8) is 0 Å². The Morgan fingerprint density at radius 1 is 1.41 bits per heavy atom. The van der Waals surface area contributed by atoms with E-state index in [1.54, 1.807) is 16.6 Å². The zero-order valence-corrected chi connectivity index (χ0v) is 10.6. The minimum Gasteiger partial charge on any atom is -0.228 e. The van der Waals surface area contributed by atoms with Crippen LogP contribution in [0.4, 0.5) is 5.82 Å². The molecule has 2 heterocycles. The predicted molar refractivity (Wildman–Crippen MR) is 66.2 cm³/mol. The molecule has 0 aliphatic carbocycles. The van der Waals surface area contributed by atoms with Gasteiger partial charge in [-0.25, -0.2) is 15.3 Å². The molecule has 5 nitrogen and oxygen atoms in total. The van der Waals surface area contributed by atoms with Crippen LogP contribution in [-0.2, 0) is 10.4 Å². The molecule has 2 rings (SSSR count). The van der Waals surface area contributed by atoms with Crippen molar-refractivity contribution in [2.75, 3.05) is 5.48 Å². The number of rotatable bonds is 2. The van der Waals surface area contributed by atoms with E-state index in [0.717, 1.165) is 11.2 Å². The van der Waals surface area contributed by atoms with Crippen LogP contribution in [0.3, 0.4) is 0 Å². The van der Waals surface area contributed by atoms with Crippen molar-refractivity contribution in [3.8, 4) is 0 Å². The van der Waals surface area contributed by atoms with E-state index in [9.17, 15) is 0 Å². The van der Waals surface area contributed by atoms with E-state index in [0.29, 0.717) is 10.8 Å². The molecule has 0 fully saturated rings. The Balaban J connectivity index is 2.65. The summed E-state index contributed by atoms with van der Waals surface area (Å²) in [4.78, 5) is 3.92. The molecule has 0 amide bonds. The Hall–Kier alpha value is -1.30. The molecule has 92 valence electrons. The van der Waals surface area contributed by atoms with Gasteiger partial charge in [-0.3, -0.25) is 0 Å². The van der Waals surface area contributed by atoms with Crippen LogP contribution in [0.25, 0.3) is 5.52 Å². The van der Waals surface area contributed by atoms with Gasteiger partial charge in [-0.05, 0) is 18.2 Å². The Kier molecular flexibility index (Phi) is 2.99. The second-order valence-corrected chi connectivity index (χ2v) is 5.24. The molecule has 0 spiro atoms. The van der Waals surface area contributed by atoms with Gasteiger partial charge >= 0.3 is 0 Å². The van der Waals surface area contributed by atoms with Gasteiger partial charge in [0.2, 0.25) is 0 Å². The topological polar surface area (TPSA) is 58.8 Å². The van der Waals surface area contributed by atoms with Crippen LogP contribution < -0.4 is 5.48 Å². The van der Waals surface area contributed by atoms with Crippen LogP contribution in [0.2, 0.25) is 5.02 Å². The molecule has 0 aromatic carbocycles. The summed E-state index contributed by atoms with van der Waals surface area (Å²) in [5.74, 6) is 0.502. The third-order valence-electron chi connectivity index (χ3n) is 2.49. The molecule has 17 heavy (non-hydrogen) atoms. The lowest BCUT2D eigenvalue weighted by Crippen LogP contribution is -2.12. The summed E-state index contributed by atoms with van der Waals surface area (Å²) in [6, 6.07) is 5.31. The summed E-state index contributed by atoms with van der Waals surface area (Å²) in [6.07, 6.45) is 0. The number of halogens is 1. The van der Waals surface area contributed by atoms with Crippen LogP contribution in [0.5, 0.6) is 0 Å². The van der Waals surface area contributed by atoms with Gasteiger partial charge in [0, 0.05) is 5.41 Å². The summed E-state index contributed by atoms with van der Waals surface area (Å²) in [5.41, 5.74) is 3.93. The van der Waals surface area contributed by atoms with E-state index >= 15 is 0 Å². The summed E-state index contributed by atoms with van der Waals surface area (Å²) in [5, 5.41) is 13.5. The number of nitrogens with one attached hydrogen (secondary N) is 1. The highest BCUT2D eigenvalue weighted by Crippen LogP contribution is 2.27. The highest BCUT2D eigenvalue weighted by atomic mass is 35.5. The van der Waals surface area contributed by atoms with E-state index in [1.807, 2.05) is 6.07 Å². The molecule has 0 bridgehead atoms. The van der Waals surface area contributed by atoms with Crippen molar-refractivity contribution in [1.82, 2.24) is 9.61 Å². The quantitative estimate of drug-likeness (QED) is 0.640. The summed E-state index contributed by atoms with van der Waals surface area (Å²) in [7, 11) is 0. The first-order chi connectivity index (χ1) is 7.93. The third kappa shape index (κ3) is 2.22. The monoisotopic (exact) mass is 255 g/mol. The smallest absolute Gasteiger partial charge is 0.154 e. The minimum absolute atomic E-state index is 0.0767. The number of hydrogen-bond donors (Lipinski definition) is 2. The van der Waals surface area contributed by atoms with Gasteiger partial charge in [0.25, 0.3) is 0 Å². The molecule has 2 aromatic heterocycles. The van der Waals surface area contributed by atoms with Gasteiger partial charge in [-0.15, -0.1) is 4.99 Å². The molecule has 0 saturated carbocycles. The highest BCUT2D eigenvalue weighted by molar-refractivity contribution is 6.33. The molecule has 2 N–H and O–H groups in total. The molecule has 0 atom stereocenters. The van der Waals surface area contributed by atoms with Crippen molar-refractivity contribution in [3.05, 3.63) is 28.9 Å². The van der Waals surface area contributed by atoms with Gasteiger partial charge in [0.05, 0.1) is 16.2 Å². The van der Waals surface area contributed by atoms with Crippen molar-refractivity contribution >= 4 is 22.9 Å². The highest BCUT2D eigenvalue weighted by Gasteiger charge is 2.19. The summed E-state index contributed by atoms with van der Waals surface area (Å²) >= 11 is 6.10. The maximum atomic E-state index is 8.43. The molecule has 0 aliphatic rings. The molecule has 0 saturated heterocycles. The van der Waals surface area contributed by atoms with Crippen LogP contribution in [0.15, 0.2) is 18.2 Å². The minimum atomic E-state index is -0.0767. The summed E-state index contributed by atoms with van der Waals surface area (Å²) in [6.45, 7) is 6.20. The average molecular weight is 256 g/mol. The molecule has 2 aromatic rings. The van der Waals surface area contributed by atoms with E-state index in [4.69, 9.17) is 16.9 Å². The normalized spacial score (nSPS) is 12.1. The molecule has 0 radical (unpaired) electrons. The lowest BCUT2D eigenvalue weighted by atomic mass is 9.92. The fraction of sp³-hybridized carbons (Fsp3) is 0.364. The first-order valence-corrected chi connectivity index (χ1v) is 5.56. The SMILES string of the molecule is CC(C)(C)c1cc2c(Cl)ccc(NOO)n2n1. The fourth-order valence-corrected chi connectivity index (χ4v) is 1.73. The molecular formula is C11H14ClN3O2. The maximum absolute atomic E-state index is 8.43. The van der Waals surface area contributed by atoms with E-state index in [-0.39, 0.29) is 5.41 Å². The number of nitrogens with zero attached hydrogens (tertiary/aromatic N) is 2. The predicted octanol–water partition coefficient (Wildman–Crippen LogP) is 3.10. The average Bonchev–Trinajstić information content (AvgIpc) is 2.67. The fourth-order valence-electron chi connectivity index (χ4n) is 1.53. The van der Waals surface area contributed by atoms with Crippen molar-refractivity contribution in [1.29, 1.82) is 0 Å². The second-order valence-electron chi connectivity index (χ2n) is 4.84. The Morgan fingerprint density at radius 2 is 2.12 bits per heavy atom. The molecule has 6 heteroatoms. The largest absolute Gasteiger partial charge is 0.228 e. The van der Waals surface area contributed by atoms with Gasteiger partial charge in [-0.2, -0.15) is 5.10 Å². The van der Waals surface area contributed by atoms with Gasteiger partial charge in [0.1, 0.15) is 0 Å². The van der Waals surface area contributed by atoms with Gasteiger partial charge in [0.15, 0.2) is 5.82 Å². The Morgan fingerprint density at radius 3 is 2.71 bits per heavy atom. The first kappa shape index (κ1) is 12.2. The number of aromatic nitrogens is 2. The molecule has 0 unspecified atom stereocenters. The van der Waals surface area contributed by atoms with Crippen LogP contribution in [0, 0.1) is 0 Å². The van der Waals surface area contributed by atoms with Gasteiger partial charge in [-0.1, -0.05) is 32.4 Å². The number of pyridine rings is 1. The van der Waals surface area contributed by atoms with E-state index in [2.05, 4.69) is 36.3 Å². The number of anilines is 1.